The van der Waals surface area contributed by atoms with Gasteiger partial charge in [0.2, 0.25) is 0 Å². The van der Waals surface area contributed by atoms with Gasteiger partial charge in [0, 0.05) is 34.8 Å². The molecule has 12 rings (SSSR count). The predicted octanol–water partition coefficient (Wildman–Crippen LogP) is 26.5. The van der Waals surface area contributed by atoms with Crippen LogP contribution < -0.4 is 40.2 Å². The van der Waals surface area contributed by atoms with Gasteiger partial charge in [-0.1, -0.05) is 481 Å². The molecule has 12 aromatic carbocycles. The molecule has 0 aliphatic carbocycles. The quantitative estimate of drug-likeness (QED) is 0.0277. The molecule has 0 heterocycles. The molecule has 11 nitrogen and oxygen atoms in total. The molecule has 0 aliphatic heterocycles. The Morgan fingerprint density at radius 2 is 0.646 bits per heavy atom. The number of carboxylic acids is 1. The van der Waals surface area contributed by atoms with Crippen molar-refractivity contribution in [1.82, 2.24) is 10.6 Å². The Balaban J connectivity index is 0.000000322. The Labute approximate surface area is 818 Å². The molecule has 1 unspecified atom stereocenters. The van der Waals surface area contributed by atoms with Crippen LogP contribution in [0.15, 0.2) is 320 Å². The number of aryl methyl sites for hydroxylation is 5. The Bertz CT molecular complexity index is 5200. The average molecular weight is 1860 g/mol. The van der Waals surface area contributed by atoms with Crippen LogP contribution in [0, 0.1) is 27.7 Å². The molecule has 130 heavy (non-hydrogen) atoms. The van der Waals surface area contributed by atoms with Crippen LogP contribution in [-0.2, 0) is 116 Å². The monoisotopic (exact) mass is 1860 g/mol. The van der Waals surface area contributed by atoms with Crippen molar-refractivity contribution in [3.8, 4) is 0 Å². The number of halogens is 2. The number of rotatable bonds is 21. The smallest absolute Gasteiger partial charge is 0.480 e. The molecule has 0 aromatic heterocycles. The zero-order chi connectivity index (χ0) is 95.3. The van der Waals surface area contributed by atoms with Crippen molar-refractivity contribution in [2.24, 2.45) is 4.99 Å². The third kappa shape index (κ3) is 45.7. The van der Waals surface area contributed by atoms with Crippen molar-refractivity contribution in [2.45, 2.75) is 253 Å². The average Bonchev–Trinajstić information content (AvgIpc) is 0.836. The third-order valence-electron chi connectivity index (χ3n) is 20.9. The van der Waals surface area contributed by atoms with Crippen molar-refractivity contribution in [1.29, 1.82) is 0 Å². The summed E-state index contributed by atoms with van der Waals surface area (Å²) in [5.41, 5.74) is 26.1. The van der Waals surface area contributed by atoms with Crippen molar-refractivity contribution >= 4 is 62.1 Å². The first-order valence-corrected chi connectivity index (χ1v) is 47.5. The summed E-state index contributed by atoms with van der Waals surface area (Å²) in [6, 6.07) is 106. The minimum absolute atomic E-state index is 0. The number of benzene rings is 12. The van der Waals surface area contributed by atoms with E-state index in [4.69, 9.17) is 26.1 Å². The molecular weight excluding hydrogens is 1720 g/mol. The summed E-state index contributed by atoms with van der Waals surface area (Å²) in [4.78, 5) is 40.3. The van der Waals surface area contributed by atoms with E-state index in [-0.39, 0.29) is 93.6 Å². The van der Waals surface area contributed by atoms with Crippen molar-refractivity contribution in [2.75, 3.05) is 0 Å². The molecule has 15 heteroatoms. The Hall–Kier alpha value is -9.96. The molecule has 2 amide bonds. The molecule has 0 aliphatic rings. The van der Waals surface area contributed by atoms with Gasteiger partial charge < -0.3 is 33.6 Å². The van der Waals surface area contributed by atoms with Crippen LogP contribution in [0.5, 0.6) is 0 Å². The van der Waals surface area contributed by atoms with Gasteiger partial charge in [0.05, 0.1) is 11.8 Å². The number of carbonyl (C=O) groups excluding carboxylic acids is 2. The van der Waals surface area contributed by atoms with Gasteiger partial charge in [-0.05, 0) is 166 Å². The van der Waals surface area contributed by atoms with Crippen LogP contribution in [0.25, 0.3) is 0 Å². The van der Waals surface area contributed by atoms with Crippen LogP contribution >= 0.6 is 27.5 Å². The first kappa shape index (κ1) is 112. The molecule has 686 valence electrons. The van der Waals surface area contributed by atoms with E-state index < -0.39 is 28.8 Å². The molecule has 0 radical (unpaired) electrons. The van der Waals surface area contributed by atoms with Gasteiger partial charge in [-0.3, -0.25) is 4.99 Å². The van der Waals surface area contributed by atoms with E-state index >= 15 is 0 Å². The molecule has 3 atom stereocenters. The van der Waals surface area contributed by atoms with Crippen LogP contribution in [0.2, 0.25) is 0 Å². The van der Waals surface area contributed by atoms with Gasteiger partial charge in [0.15, 0.2) is 0 Å². The first-order valence-electron chi connectivity index (χ1n) is 44.6. The maximum atomic E-state index is 11.9. The molecule has 0 bridgehead atoms. The maximum absolute atomic E-state index is 11.9. The summed E-state index contributed by atoms with van der Waals surface area (Å²) >= 11 is 9.01. The van der Waals surface area contributed by atoms with Crippen LogP contribution in [-0.4, -0.2) is 47.1 Å². The molecule has 12 aromatic rings. The minimum atomic E-state index is -1.97. The molecule has 0 spiro atoms. The number of nitrogens with zero attached hydrogens (tertiary/aromatic N) is 1. The standard InChI is InChI=1S/C26H29N.C21H25NO4.C21H27NO2.C11H15Br.C11H16.C9H12.C8H9Cl.C8H9O2S.Na/c1-20(19-21-15-17-24(18-16-21)26(2,3)4)27-25(22-11-7-5-8-12-22)23-13-9-6-10-14-23;1-21(2,3)17-11-9-15(10-12-17)13-18(19(23)24)22-20(25)26-14-16-7-5-4-6-8-16;1-16(14-17-10-12-19(13-11-17)21(2,3)4)22-20(23)24-15-18-8-6-5-7-9-18;1-11(2,3)10-6-4-9(8-12)5-7-10;1-9-5-7-10(8-6-9)11(2,3)4;1-3-9-6-4-8(2)5-7-9;1-7-2-4-8(6-9)5-3-7;1-7-2-4-8(5-3-7)6-11(9)10;/h5-18,20H,19H2,1-4H3;4-12,18H,13-14H2,1-3H3,(H,22,25)(H,23,24);5-13,16H,14-15H2,1-4H3,(H,22,23);4-7H,8H2,1-3H3;5-8H,1-4H3;4-7H,3H2,1-2H3;2-5H,6H2,1H3;2-5H,6H2,1H3;/q;;;;;;;-1;+1/t20-;;16-;;;;;;/m0.0....../s1. The Morgan fingerprint density at radius 3 is 0.954 bits per heavy atom. The fourth-order valence-electron chi connectivity index (χ4n) is 12.7. The second-order valence-electron chi connectivity index (χ2n) is 37.8. The predicted molar refractivity (Wildman–Crippen MR) is 548 cm³/mol. The summed E-state index contributed by atoms with van der Waals surface area (Å²) < 4.78 is 30.9. The summed E-state index contributed by atoms with van der Waals surface area (Å²) in [5.74, 6) is -0.373. The Kier molecular flexibility index (Phi) is 49.6. The van der Waals surface area contributed by atoms with E-state index in [2.05, 4.69) is 347 Å². The third-order valence-corrected chi connectivity index (χ3v) is 22.4. The SMILES string of the molecule is CC(C)(C)c1ccc(CBr)cc1.CC(C)(C)c1ccc(CC(NC(=O)OCc2ccccc2)C(=O)O)cc1.CCc1ccc(C)cc1.C[C@@H](Cc1ccc(C(C)(C)C)cc1)N=C(c1ccccc1)c1ccccc1.C[C@@H](Cc1ccc(C(C)(C)C)cc1)NC(=O)OCc1ccccc1.Cc1ccc(C(C)(C)C)cc1.Cc1ccc(CCl)cc1.Cc1ccc(C[S-](=O)=O)cc1.[Na+]. The van der Waals surface area contributed by atoms with E-state index in [0.717, 1.165) is 58.1 Å². The number of carbonyl (C=O) groups is 3. The largest absolute Gasteiger partial charge is 1.00 e. The number of ether oxygens (including phenoxy) is 2. The molecule has 3 N–H and O–H groups in total. The minimum Gasteiger partial charge on any atom is -0.480 e. The van der Waals surface area contributed by atoms with Crippen LogP contribution in [0.4, 0.5) is 9.59 Å². The molecule has 0 saturated heterocycles. The van der Waals surface area contributed by atoms with Crippen molar-refractivity contribution in [3.05, 3.63) is 427 Å². The van der Waals surface area contributed by atoms with E-state index in [1.807, 2.05) is 147 Å². The normalized spacial score (nSPS) is 11.6. The van der Waals surface area contributed by atoms with Gasteiger partial charge >= 0.3 is 47.7 Å². The topological polar surface area (TPSA) is 160 Å². The summed E-state index contributed by atoms with van der Waals surface area (Å²) in [5, 5.41) is 15.6. The number of hydrogen-bond donors (Lipinski definition) is 3. The number of alkyl carbamates (subject to hydrolysis) is 2. The Morgan fingerprint density at radius 1 is 0.369 bits per heavy atom. The number of aliphatic imine (C=N–C) groups is 1. The molecular formula is C115H142BrClN3NaO8S. The fourth-order valence-corrected chi connectivity index (χ4v) is 13.7. The fraction of sp³-hybridized carbons (Fsp3) is 0.339. The number of nitrogens with one attached hydrogen (secondary N) is 2. The van der Waals surface area contributed by atoms with Gasteiger partial charge in [-0.2, -0.15) is 0 Å². The maximum Gasteiger partial charge on any atom is 1.00 e. The van der Waals surface area contributed by atoms with Gasteiger partial charge in [-0.15, -0.1) is 11.6 Å². The number of hydrogen-bond acceptors (Lipinski definition) is 9. The van der Waals surface area contributed by atoms with E-state index in [1.165, 1.54) is 83.5 Å². The number of alkyl halides is 2. The summed E-state index contributed by atoms with van der Waals surface area (Å²) in [7, 11) is -1.97. The summed E-state index contributed by atoms with van der Waals surface area (Å²) in [6.07, 6.45) is 1.93. The zero-order valence-electron chi connectivity index (χ0n) is 81.5. The molecule has 0 fully saturated rings. The first-order chi connectivity index (χ1) is 60.9. The van der Waals surface area contributed by atoms with Gasteiger partial charge in [-0.25, -0.2) is 14.4 Å². The summed E-state index contributed by atoms with van der Waals surface area (Å²) in [6.45, 7) is 48.1. The number of carboxylic acid groups (broad SMARTS) is 1. The van der Waals surface area contributed by atoms with E-state index in [0.29, 0.717) is 12.5 Å². The number of amides is 2. The van der Waals surface area contributed by atoms with Gasteiger partial charge in [0.25, 0.3) is 0 Å². The molecule has 0 saturated carbocycles. The van der Waals surface area contributed by atoms with Crippen LogP contribution in [0.1, 0.15) is 236 Å². The second-order valence-corrected chi connectivity index (χ2v) is 39.5. The zero-order valence-corrected chi connectivity index (χ0v) is 86.7. The second kappa shape index (κ2) is 57.4. The number of aliphatic carboxylic acids is 1. The van der Waals surface area contributed by atoms with Gasteiger partial charge in [0.1, 0.15) is 19.3 Å². The van der Waals surface area contributed by atoms with Crippen molar-refractivity contribution < 1.29 is 66.9 Å². The van der Waals surface area contributed by atoms with E-state index in [9.17, 15) is 27.9 Å². The van der Waals surface area contributed by atoms with Crippen molar-refractivity contribution in [3.63, 3.8) is 0 Å². The van der Waals surface area contributed by atoms with E-state index in [1.54, 1.807) is 0 Å². The van der Waals surface area contributed by atoms with Crippen LogP contribution in [0.3, 0.4) is 0 Å².